The largest absolute Gasteiger partial charge is 0.456 e. The molecule has 3 heteroatoms. The fourth-order valence-electron chi connectivity index (χ4n) is 7.77. The summed E-state index contributed by atoms with van der Waals surface area (Å²) in [5, 5.41) is 30.4. The van der Waals surface area contributed by atoms with Crippen LogP contribution in [0.4, 0.5) is 0 Å². The maximum Gasteiger partial charge on any atom is 0.141 e. The standard InChI is InChI=1S/C43H30O3/c1-27-10-9-16-36-40(27)42(44,31-12-3-2-4-13-31)37-24-20-29-11-5-6-14-33(29)41(37)43(36,45)32-22-18-28(19-23-32)30-21-25-39-35(26-30)34-15-7-8-17-38(34)46-39/h2-26,44-45H,1H3. The van der Waals surface area contributed by atoms with E-state index in [1.165, 1.54) is 0 Å². The molecule has 0 saturated heterocycles. The highest BCUT2D eigenvalue weighted by Crippen LogP contribution is 2.55. The third-order valence-electron chi connectivity index (χ3n) is 9.91. The highest BCUT2D eigenvalue weighted by molar-refractivity contribution is 6.06. The number of furan rings is 1. The van der Waals surface area contributed by atoms with Crippen LogP contribution in [0.15, 0.2) is 156 Å². The molecule has 1 aliphatic rings. The highest BCUT2D eigenvalue weighted by atomic mass is 16.3. The summed E-state index contributed by atoms with van der Waals surface area (Å²) in [4.78, 5) is 0. The van der Waals surface area contributed by atoms with Crippen molar-refractivity contribution >= 4 is 32.7 Å². The van der Waals surface area contributed by atoms with Crippen LogP contribution < -0.4 is 0 Å². The number of aliphatic hydroxyl groups is 2. The maximum atomic E-state index is 13.3. The third-order valence-corrected chi connectivity index (χ3v) is 9.91. The van der Waals surface area contributed by atoms with Gasteiger partial charge in [-0.15, -0.1) is 0 Å². The van der Waals surface area contributed by atoms with Crippen molar-refractivity contribution in [3.05, 3.63) is 191 Å². The zero-order valence-electron chi connectivity index (χ0n) is 25.2. The lowest BCUT2D eigenvalue weighted by Crippen LogP contribution is -2.45. The van der Waals surface area contributed by atoms with Gasteiger partial charge in [0, 0.05) is 27.5 Å². The molecule has 1 aliphatic carbocycles. The predicted molar refractivity (Wildman–Crippen MR) is 185 cm³/mol. The smallest absolute Gasteiger partial charge is 0.141 e. The van der Waals surface area contributed by atoms with Crippen LogP contribution in [0, 0.1) is 6.92 Å². The third kappa shape index (κ3) is 3.61. The Hall–Kier alpha value is -5.48. The van der Waals surface area contributed by atoms with E-state index in [-0.39, 0.29) is 0 Å². The van der Waals surface area contributed by atoms with Gasteiger partial charge in [-0.25, -0.2) is 0 Å². The fourth-order valence-corrected chi connectivity index (χ4v) is 7.77. The molecule has 46 heavy (non-hydrogen) atoms. The van der Waals surface area contributed by atoms with Gasteiger partial charge in [-0.05, 0) is 69.3 Å². The monoisotopic (exact) mass is 594 g/mol. The molecule has 0 radical (unpaired) electrons. The minimum Gasteiger partial charge on any atom is -0.456 e. The Kier molecular flexibility index (Phi) is 5.70. The number of benzene rings is 7. The number of para-hydroxylation sites is 1. The van der Waals surface area contributed by atoms with Crippen LogP contribution in [0.1, 0.15) is 38.9 Å². The molecule has 0 aliphatic heterocycles. The van der Waals surface area contributed by atoms with E-state index >= 15 is 0 Å². The zero-order chi connectivity index (χ0) is 31.0. The van der Waals surface area contributed by atoms with Crippen LogP contribution >= 0.6 is 0 Å². The highest BCUT2D eigenvalue weighted by Gasteiger charge is 2.52. The first-order chi connectivity index (χ1) is 22.5. The average molecular weight is 595 g/mol. The molecule has 1 aromatic heterocycles. The van der Waals surface area contributed by atoms with Gasteiger partial charge in [-0.3, -0.25) is 0 Å². The summed E-state index contributed by atoms with van der Waals surface area (Å²) in [6, 6.07) is 50.5. The van der Waals surface area contributed by atoms with E-state index in [0.717, 1.165) is 60.5 Å². The molecule has 0 saturated carbocycles. The topological polar surface area (TPSA) is 53.6 Å². The minimum atomic E-state index is -1.53. The molecule has 7 aromatic carbocycles. The average Bonchev–Trinajstić information content (AvgIpc) is 3.48. The number of hydrogen-bond acceptors (Lipinski definition) is 3. The van der Waals surface area contributed by atoms with Gasteiger partial charge < -0.3 is 14.6 Å². The van der Waals surface area contributed by atoms with Crippen molar-refractivity contribution in [2.75, 3.05) is 0 Å². The van der Waals surface area contributed by atoms with Crippen molar-refractivity contribution in [2.24, 2.45) is 0 Å². The predicted octanol–water partition coefficient (Wildman–Crippen LogP) is 9.60. The number of fused-ring (bicyclic) bond motifs is 7. The lowest BCUT2D eigenvalue weighted by molar-refractivity contribution is 0.0755. The molecular formula is C43H30O3. The first-order valence-electron chi connectivity index (χ1n) is 15.6. The number of hydrogen-bond donors (Lipinski definition) is 2. The van der Waals surface area contributed by atoms with E-state index in [2.05, 4.69) is 36.4 Å². The lowest BCUT2D eigenvalue weighted by atomic mass is 9.61. The van der Waals surface area contributed by atoms with E-state index < -0.39 is 11.2 Å². The minimum absolute atomic E-state index is 0.682. The number of rotatable bonds is 3. The molecule has 0 fully saturated rings. The van der Waals surface area contributed by atoms with Gasteiger partial charge in [-0.2, -0.15) is 0 Å². The Balaban J connectivity index is 1.29. The van der Waals surface area contributed by atoms with Gasteiger partial charge in [0.15, 0.2) is 0 Å². The lowest BCUT2D eigenvalue weighted by Gasteiger charge is -2.46. The maximum absolute atomic E-state index is 13.3. The van der Waals surface area contributed by atoms with Crippen molar-refractivity contribution in [2.45, 2.75) is 18.1 Å². The van der Waals surface area contributed by atoms with Crippen molar-refractivity contribution < 1.29 is 14.6 Å². The van der Waals surface area contributed by atoms with E-state index in [0.29, 0.717) is 22.3 Å². The molecule has 8 aromatic rings. The summed E-state index contributed by atoms with van der Waals surface area (Å²) in [6.45, 7) is 2.01. The van der Waals surface area contributed by atoms with E-state index in [4.69, 9.17) is 4.42 Å². The molecule has 220 valence electrons. The van der Waals surface area contributed by atoms with Crippen LogP contribution in [-0.2, 0) is 11.2 Å². The van der Waals surface area contributed by atoms with Gasteiger partial charge in [0.05, 0.1) is 0 Å². The summed E-state index contributed by atoms with van der Waals surface area (Å²) in [5.74, 6) is 0. The molecule has 2 unspecified atom stereocenters. The van der Waals surface area contributed by atoms with Crippen molar-refractivity contribution in [3.63, 3.8) is 0 Å². The van der Waals surface area contributed by atoms with Crippen LogP contribution in [0.25, 0.3) is 43.8 Å². The second kappa shape index (κ2) is 9.76. The van der Waals surface area contributed by atoms with Crippen molar-refractivity contribution in [3.8, 4) is 11.1 Å². The zero-order valence-corrected chi connectivity index (χ0v) is 25.2. The normalized spacial score (nSPS) is 18.9. The van der Waals surface area contributed by atoms with Gasteiger partial charge in [0.25, 0.3) is 0 Å². The first-order valence-corrected chi connectivity index (χ1v) is 15.6. The summed E-state index contributed by atoms with van der Waals surface area (Å²) >= 11 is 0. The fraction of sp³-hybridized carbons (Fsp3) is 0.0698. The SMILES string of the molecule is Cc1cccc2c1C(O)(c1ccccc1)c1ccc3ccccc3c1C2(O)c1ccc(-c2ccc3oc4ccccc4c3c2)cc1. The summed E-state index contributed by atoms with van der Waals surface area (Å²) in [6.07, 6.45) is 0. The molecule has 0 bridgehead atoms. The van der Waals surface area contributed by atoms with Gasteiger partial charge in [0.1, 0.15) is 22.4 Å². The molecule has 0 amide bonds. The second-order valence-electron chi connectivity index (χ2n) is 12.4. The molecule has 3 nitrogen and oxygen atoms in total. The van der Waals surface area contributed by atoms with Gasteiger partial charge in [-0.1, -0.05) is 133 Å². The second-order valence-corrected chi connectivity index (χ2v) is 12.4. The van der Waals surface area contributed by atoms with Crippen molar-refractivity contribution in [1.82, 2.24) is 0 Å². The Morgan fingerprint density at radius 1 is 0.457 bits per heavy atom. The van der Waals surface area contributed by atoms with Crippen LogP contribution in [-0.4, -0.2) is 10.2 Å². The van der Waals surface area contributed by atoms with Crippen LogP contribution in [0.5, 0.6) is 0 Å². The van der Waals surface area contributed by atoms with E-state index in [1.54, 1.807) is 0 Å². The Bertz CT molecular complexity index is 2460. The molecule has 1 heterocycles. The van der Waals surface area contributed by atoms with Crippen LogP contribution in [0.3, 0.4) is 0 Å². The van der Waals surface area contributed by atoms with Crippen molar-refractivity contribution in [1.29, 1.82) is 0 Å². The molecule has 0 spiro atoms. The van der Waals surface area contributed by atoms with Crippen LogP contribution in [0.2, 0.25) is 0 Å². The molecule has 2 atom stereocenters. The Morgan fingerprint density at radius 3 is 1.91 bits per heavy atom. The molecule has 9 rings (SSSR count). The van der Waals surface area contributed by atoms with Gasteiger partial charge >= 0.3 is 0 Å². The first kappa shape index (κ1) is 26.9. The summed E-state index contributed by atoms with van der Waals surface area (Å²) < 4.78 is 6.06. The summed E-state index contributed by atoms with van der Waals surface area (Å²) in [7, 11) is 0. The quantitative estimate of drug-likeness (QED) is 0.214. The Morgan fingerprint density at radius 2 is 1.09 bits per heavy atom. The van der Waals surface area contributed by atoms with E-state index in [1.807, 2.05) is 122 Å². The molecular weight excluding hydrogens is 564 g/mol. The summed E-state index contributed by atoms with van der Waals surface area (Å²) in [5.41, 5.74) is 6.06. The van der Waals surface area contributed by atoms with Gasteiger partial charge in [0.2, 0.25) is 0 Å². The Labute approximate surface area is 266 Å². The van der Waals surface area contributed by atoms with E-state index in [9.17, 15) is 10.2 Å². The number of aryl methyl sites for hydroxylation is 1. The molecule has 2 N–H and O–H groups in total.